The second-order valence-corrected chi connectivity index (χ2v) is 6.26. The monoisotopic (exact) mass is 335 g/mol. The molecule has 1 aromatic heterocycles. The number of anilines is 1. The molecule has 0 saturated heterocycles. The molecule has 1 atom stereocenters. The molecule has 0 saturated carbocycles. The van der Waals surface area contributed by atoms with E-state index in [1.54, 1.807) is 0 Å². The number of amides is 1. The first kappa shape index (κ1) is 16.8. The number of nitrogens with zero attached hydrogens (tertiary/aromatic N) is 3. The third-order valence-electron chi connectivity index (χ3n) is 4.31. The van der Waals surface area contributed by atoms with E-state index >= 15 is 0 Å². The molecule has 0 aliphatic carbocycles. The zero-order valence-corrected chi connectivity index (χ0v) is 14.6. The zero-order valence-electron chi connectivity index (χ0n) is 14.6. The van der Waals surface area contributed by atoms with Gasteiger partial charge in [0.25, 0.3) is 0 Å². The second-order valence-electron chi connectivity index (χ2n) is 6.26. The number of aromatic nitrogens is 4. The number of rotatable bonds is 5. The molecule has 3 aromatic rings. The van der Waals surface area contributed by atoms with E-state index in [0.717, 1.165) is 27.9 Å². The van der Waals surface area contributed by atoms with Crippen molar-refractivity contribution in [3.8, 4) is 0 Å². The zero-order chi connectivity index (χ0) is 17.8. The molecule has 1 heterocycles. The Bertz CT molecular complexity index is 873. The quantitative estimate of drug-likeness (QED) is 0.750. The van der Waals surface area contributed by atoms with Gasteiger partial charge in [0.15, 0.2) is 5.82 Å². The van der Waals surface area contributed by atoms with Crippen molar-refractivity contribution in [1.29, 1.82) is 0 Å². The first-order valence-electron chi connectivity index (χ1n) is 8.20. The molecule has 6 heteroatoms. The average molecular weight is 335 g/mol. The molecule has 0 fully saturated rings. The van der Waals surface area contributed by atoms with Gasteiger partial charge in [-0.3, -0.25) is 4.79 Å². The van der Waals surface area contributed by atoms with Crippen molar-refractivity contribution in [2.24, 2.45) is 0 Å². The molecular formula is C19H21N5O. The standard InChI is InChI=1S/C19H21N5O/c1-12-8-9-17(14(3)10-12)20-19(25)16(18-21-23-24-22-18)11-15-7-5-4-6-13(15)2/h4-10,16H,11H2,1-3H3,(H,20,25)(H,21,22,23,24). The number of tetrazole rings is 1. The summed E-state index contributed by atoms with van der Waals surface area (Å²) in [4.78, 5) is 12.9. The van der Waals surface area contributed by atoms with Gasteiger partial charge in [-0.2, -0.15) is 5.21 Å². The molecule has 6 nitrogen and oxygen atoms in total. The minimum atomic E-state index is -0.513. The van der Waals surface area contributed by atoms with Gasteiger partial charge in [-0.05, 0) is 49.9 Å². The largest absolute Gasteiger partial charge is 0.325 e. The Hall–Kier alpha value is -3.02. The summed E-state index contributed by atoms with van der Waals surface area (Å²) in [5, 5.41) is 17.1. The lowest BCUT2D eigenvalue weighted by atomic mass is 9.94. The van der Waals surface area contributed by atoms with Gasteiger partial charge in [0.05, 0.1) is 0 Å². The molecule has 128 valence electrons. The predicted molar refractivity (Wildman–Crippen MR) is 96.3 cm³/mol. The smallest absolute Gasteiger partial charge is 0.235 e. The Morgan fingerprint density at radius 3 is 2.60 bits per heavy atom. The molecule has 2 N–H and O–H groups in total. The van der Waals surface area contributed by atoms with Crippen LogP contribution in [0.25, 0.3) is 0 Å². The molecule has 0 bridgehead atoms. The summed E-state index contributed by atoms with van der Waals surface area (Å²) < 4.78 is 0. The highest BCUT2D eigenvalue weighted by molar-refractivity contribution is 5.96. The van der Waals surface area contributed by atoms with E-state index in [2.05, 4.69) is 25.9 Å². The lowest BCUT2D eigenvalue weighted by Gasteiger charge is -2.16. The first-order valence-corrected chi connectivity index (χ1v) is 8.20. The molecule has 0 aliphatic heterocycles. The maximum atomic E-state index is 12.9. The van der Waals surface area contributed by atoms with Gasteiger partial charge >= 0.3 is 0 Å². The Kier molecular flexibility index (Phi) is 4.88. The molecular weight excluding hydrogens is 314 g/mol. The van der Waals surface area contributed by atoms with Crippen molar-refractivity contribution in [2.45, 2.75) is 33.1 Å². The van der Waals surface area contributed by atoms with Gasteiger partial charge in [-0.15, -0.1) is 10.2 Å². The van der Waals surface area contributed by atoms with E-state index in [9.17, 15) is 4.79 Å². The van der Waals surface area contributed by atoms with Gasteiger partial charge in [0.1, 0.15) is 5.92 Å². The third kappa shape index (κ3) is 3.91. The van der Waals surface area contributed by atoms with Crippen molar-refractivity contribution < 1.29 is 4.79 Å². The van der Waals surface area contributed by atoms with Gasteiger partial charge < -0.3 is 5.32 Å². The highest BCUT2D eigenvalue weighted by Crippen LogP contribution is 2.23. The Morgan fingerprint density at radius 1 is 1.12 bits per heavy atom. The van der Waals surface area contributed by atoms with Crippen LogP contribution in [0.5, 0.6) is 0 Å². The van der Waals surface area contributed by atoms with Crippen molar-refractivity contribution in [3.63, 3.8) is 0 Å². The number of aromatic amines is 1. The maximum absolute atomic E-state index is 12.9. The Balaban J connectivity index is 1.87. The van der Waals surface area contributed by atoms with E-state index in [1.165, 1.54) is 0 Å². The van der Waals surface area contributed by atoms with Crippen LogP contribution >= 0.6 is 0 Å². The fourth-order valence-electron chi connectivity index (χ4n) is 2.85. The highest BCUT2D eigenvalue weighted by atomic mass is 16.1. The number of benzene rings is 2. The van der Waals surface area contributed by atoms with Gasteiger partial charge in [-0.25, -0.2) is 0 Å². The fourth-order valence-corrected chi connectivity index (χ4v) is 2.85. The SMILES string of the molecule is Cc1ccc(NC(=O)C(Cc2ccccc2C)c2nn[nH]n2)c(C)c1. The van der Waals surface area contributed by atoms with E-state index < -0.39 is 5.92 Å². The third-order valence-corrected chi connectivity index (χ3v) is 4.31. The lowest BCUT2D eigenvalue weighted by Crippen LogP contribution is -2.24. The van der Waals surface area contributed by atoms with Gasteiger partial charge in [-0.1, -0.05) is 47.2 Å². The summed E-state index contributed by atoms with van der Waals surface area (Å²) in [6.45, 7) is 6.04. The molecule has 2 aromatic carbocycles. The van der Waals surface area contributed by atoms with E-state index in [-0.39, 0.29) is 5.91 Å². The van der Waals surface area contributed by atoms with Crippen LogP contribution in [0.2, 0.25) is 0 Å². The number of hydrogen-bond acceptors (Lipinski definition) is 4. The van der Waals surface area contributed by atoms with Gasteiger partial charge in [0, 0.05) is 5.69 Å². The van der Waals surface area contributed by atoms with E-state index in [4.69, 9.17) is 0 Å². The number of nitrogens with one attached hydrogen (secondary N) is 2. The highest BCUT2D eigenvalue weighted by Gasteiger charge is 2.26. The molecule has 0 spiro atoms. The Morgan fingerprint density at radius 2 is 1.92 bits per heavy atom. The fraction of sp³-hybridized carbons (Fsp3) is 0.263. The normalized spacial score (nSPS) is 12.0. The number of hydrogen-bond donors (Lipinski definition) is 2. The molecule has 0 radical (unpaired) electrons. The van der Waals surface area contributed by atoms with Crippen LogP contribution in [-0.2, 0) is 11.2 Å². The molecule has 1 unspecified atom stereocenters. The summed E-state index contributed by atoms with van der Waals surface area (Å²) in [7, 11) is 0. The summed E-state index contributed by atoms with van der Waals surface area (Å²) in [5.41, 5.74) is 5.21. The van der Waals surface area contributed by atoms with Crippen LogP contribution in [-0.4, -0.2) is 26.5 Å². The van der Waals surface area contributed by atoms with Crippen LogP contribution < -0.4 is 5.32 Å². The Labute approximate surface area is 146 Å². The maximum Gasteiger partial charge on any atom is 0.235 e. The second kappa shape index (κ2) is 7.25. The molecule has 3 rings (SSSR count). The van der Waals surface area contributed by atoms with E-state index in [1.807, 2.05) is 63.2 Å². The summed E-state index contributed by atoms with van der Waals surface area (Å²) in [5.74, 6) is -0.261. The molecule has 25 heavy (non-hydrogen) atoms. The van der Waals surface area contributed by atoms with Crippen molar-refractivity contribution in [1.82, 2.24) is 20.6 Å². The van der Waals surface area contributed by atoms with Crippen LogP contribution in [0, 0.1) is 20.8 Å². The van der Waals surface area contributed by atoms with Crippen LogP contribution in [0.1, 0.15) is 34.0 Å². The van der Waals surface area contributed by atoms with Crippen LogP contribution in [0.3, 0.4) is 0 Å². The molecule has 0 aliphatic rings. The minimum Gasteiger partial charge on any atom is -0.325 e. The number of carbonyl (C=O) groups excluding carboxylic acids is 1. The van der Waals surface area contributed by atoms with Crippen LogP contribution in [0.15, 0.2) is 42.5 Å². The topological polar surface area (TPSA) is 83.6 Å². The summed E-state index contributed by atoms with van der Waals surface area (Å²) >= 11 is 0. The van der Waals surface area contributed by atoms with Crippen LogP contribution in [0.4, 0.5) is 5.69 Å². The average Bonchev–Trinajstić information content (AvgIpc) is 3.10. The number of aryl methyl sites for hydroxylation is 3. The minimum absolute atomic E-state index is 0.142. The predicted octanol–water partition coefficient (Wildman–Crippen LogP) is 3.09. The summed E-state index contributed by atoms with van der Waals surface area (Å²) in [6, 6.07) is 13.9. The summed E-state index contributed by atoms with van der Waals surface area (Å²) in [6.07, 6.45) is 0.517. The van der Waals surface area contributed by atoms with Crippen molar-refractivity contribution >= 4 is 11.6 Å². The van der Waals surface area contributed by atoms with E-state index in [0.29, 0.717) is 12.2 Å². The van der Waals surface area contributed by atoms with Crippen molar-refractivity contribution in [3.05, 3.63) is 70.5 Å². The first-order chi connectivity index (χ1) is 12.0. The van der Waals surface area contributed by atoms with Crippen molar-refractivity contribution in [2.75, 3.05) is 5.32 Å². The number of H-pyrrole nitrogens is 1. The number of carbonyl (C=O) groups is 1. The lowest BCUT2D eigenvalue weighted by molar-refractivity contribution is -0.117. The van der Waals surface area contributed by atoms with Gasteiger partial charge in [0.2, 0.25) is 5.91 Å². The molecule has 1 amide bonds.